The van der Waals surface area contributed by atoms with Crippen LogP contribution in [0.15, 0.2) is 24.3 Å². The number of sulfone groups is 1. The first-order valence-corrected chi connectivity index (χ1v) is 10.6. The number of carbonyl (C=O) groups is 2. The molecular formula is C16H22N2O4S2. The smallest absolute Gasteiger partial charge is 0.234 e. The van der Waals surface area contributed by atoms with E-state index in [1.807, 2.05) is 31.2 Å². The van der Waals surface area contributed by atoms with Crippen molar-refractivity contribution in [2.24, 2.45) is 0 Å². The molecule has 1 saturated heterocycles. The molecule has 0 unspecified atom stereocenters. The summed E-state index contributed by atoms with van der Waals surface area (Å²) in [5.74, 6) is -0.0520. The highest BCUT2D eigenvalue weighted by Gasteiger charge is 2.39. The van der Waals surface area contributed by atoms with Crippen LogP contribution in [-0.2, 0) is 19.4 Å². The first-order valence-electron chi connectivity index (χ1n) is 7.63. The first kappa shape index (κ1) is 18.8. The number of rotatable bonds is 6. The van der Waals surface area contributed by atoms with Gasteiger partial charge in [0.05, 0.1) is 28.6 Å². The first-order chi connectivity index (χ1) is 11.2. The molecule has 0 saturated carbocycles. The number of amides is 2. The van der Waals surface area contributed by atoms with Crippen LogP contribution < -0.4 is 10.6 Å². The van der Waals surface area contributed by atoms with Gasteiger partial charge in [0.25, 0.3) is 0 Å². The second kappa shape index (κ2) is 7.57. The van der Waals surface area contributed by atoms with Crippen LogP contribution in [0.4, 0.5) is 5.69 Å². The minimum absolute atomic E-state index is 0.0236. The van der Waals surface area contributed by atoms with Crippen LogP contribution in [-0.4, -0.2) is 48.8 Å². The number of hydrogen-bond donors (Lipinski definition) is 2. The molecule has 2 rings (SSSR count). The fourth-order valence-electron chi connectivity index (χ4n) is 2.64. The molecular weight excluding hydrogens is 348 g/mol. The molecule has 0 bridgehead atoms. The van der Waals surface area contributed by atoms with E-state index >= 15 is 0 Å². The van der Waals surface area contributed by atoms with Gasteiger partial charge in [0.1, 0.15) is 0 Å². The van der Waals surface area contributed by atoms with Crippen molar-refractivity contribution in [1.29, 1.82) is 0 Å². The topological polar surface area (TPSA) is 92.3 Å². The lowest BCUT2D eigenvalue weighted by Crippen LogP contribution is -2.47. The van der Waals surface area contributed by atoms with E-state index in [1.165, 1.54) is 11.8 Å². The van der Waals surface area contributed by atoms with E-state index < -0.39 is 15.4 Å². The SMILES string of the molecule is Cc1cccc(NC(=O)CSCC(=O)N[C@@]2(C)CCS(=O)(=O)C2)c1. The van der Waals surface area contributed by atoms with Gasteiger partial charge in [-0.05, 0) is 38.0 Å². The lowest BCUT2D eigenvalue weighted by Gasteiger charge is -2.23. The normalized spacial score (nSPS) is 22.1. The Morgan fingerprint density at radius 3 is 2.58 bits per heavy atom. The Kier molecular flexibility index (Phi) is 5.92. The Balaban J connectivity index is 1.72. The van der Waals surface area contributed by atoms with Gasteiger partial charge >= 0.3 is 0 Å². The fraction of sp³-hybridized carbons (Fsp3) is 0.500. The van der Waals surface area contributed by atoms with Crippen molar-refractivity contribution in [3.8, 4) is 0 Å². The molecule has 6 nitrogen and oxygen atoms in total. The summed E-state index contributed by atoms with van der Waals surface area (Å²) in [6.45, 7) is 3.68. The lowest BCUT2D eigenvalue weighted by atomic mass is 10.0. The Bertz CT molecular complexity index is 733. The van der Waals surface area contributed by atoms with Crippen LogP contribution in [0.25, 0.3) is 0 Å². The van der Waals surface area contributed by atoms with Crippen LogP contribution in [0.5, 0.6) is 0 Å². The average molecular weight is 370 g/mol. The number of aryl methyl sites for hydroxylation is 1. The van der Waals surface area contributed by atoms with Gasteiger partial charge in [-0.15, -0.1) is 11.8 Å². The van der Waals surface area contributed by atoms with Crippen molar-refractivity contribution in [2.45, 2.75) is 25.8 Å². The van der Waals surface area contributed by atoms with Gasteiger partial charge in [0.2, 0.25) is 11.8 Å². The summed E-state index contributed by atoms with van der Waals surface area (Å²) in [6, 6.07) is 7.49. The molecule has 1 aliphatic heterocycles. The summed E-state index contributed by atoms with van der Waals surface area (Å²) in [6.07, 6.45) is 0.430. The molecule has 2 N–H and O–H groups in total. The maximum Gasteiger partial charge on any atom is 0.234 e. The molecule has 2 amide bonds. The maximum absolute atomic E-state index is 11.9. The van der Waals surface area contributed by atoms with Crippen LogP contribution in [0, 0.1) is 6.92 Å². The number of thioether (sulfide) groups is 1. The minimum atomic E-state index is -3.06. The van der Waals surface area contributed by atoms with Gasteiger partial charge in [-0.2, -0.15) is 0 Å². The largest absolute Gasteiger partial charge is 0.349 e. The van der Waals surface area contributed by atoms with Gasteiger partial charge in [-0.3, -0.25) is 9.59 Å². The van der Waals surface area contributed by atoms with Gasteiger partial charge in [0, 0.05) is 5.69 Å². The number of nitrogens with one attached hydrogen (secondary N) is 2. The Morgan fingerprint density at radius 1 is 1.25 bits per heavy atom. The number of benzene rings is 1. The molecule has 1 aromatic rings. The quantitative estimate of drug-likeness (QED) is 0.789. The van der Waals surface area contributed by atoms with Crippen molar-refractivity contribution in [2.75, 3.05) is 28.3 Å². The Labute approximate surface area is 146 Å². The van der Waals surface area contributed by atoms with E-state index in [1.54, 1.807) is 6.92 Å². The molecule has 132 valence electrons. The third kappa shape index (κ3) is 5.83. The van der Waals surface area contributed by atoms with Crippen molar-refractivity contribution >= 4 is 39.1 Å². The molecule has 1 heterocycles. The van der Waals surface area contributed by atoms with Crippen molar-refractivity contribution in [1.82, 2.24) is 5.32 Å². The summed E-state index contributed by atoms with van der Waals surface area (Å²) >= 11 is 1.20. The summed E-state index contributed by atoms with van der Waals surface area (Å²) in [5.41, 5.74) is 1.09. The summed E-state index contributed by atoms with van der Waals surface area (Å²) in [7, 11) is -3.06. The Hall–Kier alpha value is -1.54. The van der Waals surface area contributed by atoms with Crippen LogP contribution in [0.3, 0.4) is 0 Å². The standard InChI is InChI=1S/C16H22N2O4S2/c1-12-4-3-5-13(8-12)17-14(19)9-23-10-15(20)18-16(2)6-7-24(21,22)11-16/h3-5,8H,6-7,9-11H2,1-2H3,(H,17,19)(H,18,20)/t16-/m0/s1. The highest BCUT2D eigenvalue weighted by Crippen LogP contribution is 2.22. The van der Waals surface area contributed by atoms with Crippen molar-refractivity contribution < 1.29 is 18.0 Å². The van der Waals surface area contributed by atoms with E-state index in [0.717, 1.165) is 11.3 Å². The predicted octanol–water partition coefficient (Wildman–Crippen LogP) is 1.36. The third-order valence-electron chi connectivity index (χ3n) is 3.71. The van der Waals surface area contributed by atoms with Crippen molar-refractivity contribution in [3.05, 3.63) is 29.8 Å². The Morgan fingerprint density at radius 2 is 1.96 bits per heavy atom. The van der Waals surface area contributed by atoms with E-state index in [9.17, 15) is 18.0 Å². The van der Waals surface area contributed by atoms with Crippen LogP contribution >= 0.6 is 11.8 Å². The second-order valence-electron chi connectivity index (χ2n) is 6.36. The van der Waals surface area contributed by atoms with E-state index in [-0.39, 0.29) is 34.8 Å². The molecule has 0 aliphatic carbocycles. The summed E-state index contributed by atoms with van der Waals surface area (Å²) < 4.78 is 23.0. The lowest BCUT2D eigenvalue weighted by molar-refractivity contribution is -0.120. The van der Waals surface area contributed by atoms with Gasteiger partial charge in [0.15, 0.2) is 9.84 Å². The summed E-state index contributed by atoms with van der Waals surface area (Å²) in [4.78, 5) is 23.8. The zero-order valence-corrected chi connectivity index (χ0v) is 15.4. The van der Waals surface area contributed by atoms with Crippen LogP contribution in [0.1, 0.15) is 18.9 Å². The monoisotopic (exact) mass is 370 g/mol. The summed E-state index contributed by atoms with van der Waals surface area (Å²) in [5, 5.41) is 5.55. The average Bonchev–Trinajstić information content (AvgIpc) is 2.72. The molecule has 1 aromatic carbocycles. The van der Waals surface area contributed by atoms with Crippen molar-refractivity contribution in [3.63, 3.8) is 0 Å². The van der Waals surface area contributed by atoms with E-state index in [0.29, 0.717) is 6.42 Å². The molecule has 0 radical (unpaired) electrons. The number of anilines is 1. The third-order valence-corrected chi connectivity index (χ3v) is 6.55. The highest BCUT2D eigenvalue weighted by atomic mass is 32.2. The van der Waals surface area contributed by atoms with Gasteiger partial charge in [-0.1, -0.05) is 12.1 Å². The van der Waals surface area contributed by atoms with E-state index in [4.69, 9.17) is 0 Å². The predicted molar refractivity (Wildman–Crippen MR) is 97.0 cm³/mol. The highest BCUT2D eigenvalue weighted by molar-refractivity contribution is 8.00. The molecule has 1 aliphatic rings. The molecule has 0 spiro atoms. The number of hydrogen-bond acceptors (Lipinski definition) is 5. The van der Waals surface area contributed by atoms with Gasteiger partial charge in [-0.25, -0.2) is 8.42 Å². The minimum Gasteiger partial charge on any atom is -0.349 e. The van der Waals surface area contributed by atoms with Crippen LogP contribution in [0.2, 0.25) is 0 Å². The molecule has 1 fully saturated rings. The zero-order valence-electron chi connectivity index (χ0n) is 13.8. The fourth-order valence-corrected chi connectivity index (χ4v) is 5.35. The molecule has 24 heavy (non-hydrogen) atoms. The number of carbonyl (C=O) groups excluding carboxylic acids is 2. The molecule has 0 aromatic heterocycles. The molecule has 1 atom stereocenters. The van der Waals surface area contributed by atoms with Gasteiger partial charge < -0.3 is 10.6 Å². The maximum atomic E-state index is 11.9. The van der Waals surface area contributed by atoms with E-state index in [2.05, 4.69) is 10.6 Å². The molecule has 8 heteroatoms. The second-order valence-corrected chi connectivity index (χ2v) is 9.53. The zero-order chi connectivity index (χ0) is 17.8.